The SMILES string of the molecule is CCOc1cc(/C=N\NC(=O)C(=O)Nc2ccccc2F)cc(I)c1OCC(=O)Nc1ccc(Cl)cc1Cl. The van der Waals surface area contributed by atoms with Crippen molar-refractivity contribution in [1.29, 1.82) is 0 Å². The first kappa shape index (κ1) is 29.1. The van der Waals surface area contributed by atoms with Gasteiger partial charge in [-0.25, -0.2) is 9.82 Å². The number of nitrogens with one attached hydrogen (secondary N) is 3. The number of anilines is 2. The fourth-order valence-corrected chi connectivity index (χ4v) is 4.18. The van der Waals surface area contributed by atoms with Crippen LogP contribution in [0.2, 0.25) is 10.0 Å². The van der Waals surface area contributed by atoms with Crippen LogP contribution in [0.25, 0.3) is 0 Å². The molecule has 3 N–H and O–H groups in total. The normalized spacial score (nSPS) is 10.7. The van der Waals surface area contributed by atoms with Gasteiger partial charge < -0.3 is 20.1 Å². The zero-order valence-corrected chi connectivity index (χ0v) is 23.4. The average molecular weight is 673 g/mol. The second-order valence-corrected chi connectivity index (χ2v) is 9.36. The van der Waals surface area contributed by atoms with Gasteiger partial charge in [0.25, 0.3) is 5.91 Å². The predicted octanol–water partition coefficient (Wildman–Crippen LogP) is 5.24. The summed E-state index contributed by atoms with van der Waals surface area (Å²) in [5.41, 5.74) is 2.85. The van der Waals surface area contributed by atoms with Gasteiger partial charge in [0.05, 0.1) is 32.8 Å². The molecular formula is C25H20Cl2FIN4O5. The maximum atomic E-state index is 13.7. The van der Waals surface area contributed by atoms with Crippen LogP contribution >= 0.6 is 45.8 Å². The van der Waals surface area contributed by atoms with E-state index < -0.39 is 23.5 Å². The van der Waals surface area contributed by atoms with Crippen LogP contribution in [0.15, 0.2) is 59.7 Å². The lowest BCUT2D eigenvalue weighted by molar-refractivity contribution is -0.136. The maximum absolute atomic E-state index is 13.7. The minimum absolute atomic E-state index is 0.131. The molecule has 0 aromatic heterocycles. The highest BCUT2D eigenvalue weighted by Crippen LogP contribution is 2.34. The van der Waals surface area contributed by atoms with Crippen LogP contribution < -0.4 is 25.5 Å². The first-order valence-electron chi connectivity index (χ1n) is 10.9. The number of para-hydroxylation sites is 1. The molecule has 0 radical (unpaired) electrons. The molecule has 0 aliphatic carbocycles. The third kappa shape index (κ3) is 8.30. The minimum Gasteiger partial charge on any atom is -0.490 e. The van der Waals surface area contributed by atoms with Crippen molar-refractivity contribution in [2.45, 2.75) is 6.92 Å². The Labute approximate surface area is 240 Å². The fraction of sp³-hybridized carbons (Fsp3) is 0.120. The zero-order valence-electron chi connectivity index (χ0n) is 19.7. The molecule has 0 aliphatic heterocycles. The number of ether oxygens (including phenoxy) is 2. The van der Waals surface area contributed by atoms with Crippen LogP contribution in [0.1, 0.15) is 12.5 Å². The van der Waals surface area contributed by atoms with Crippen LogP contribution in [0, 0.1) is 9.39 Å². The van der Waals surface area contributed by atoms with E-state index in [1.807, 2.05) is 22.6 Å². The van der Waals surface area contributed by atoms with Gasteiger partial charge in [-0.3, -0.25) is 14.4 Å². The first-order chi connectivity index (χ1) is 18.2. The highest BCUT2D eigenvalue weighted by atomic mass is 127. The predicted molar refractivity (Wildman–Crippen MR) is 152 cm³/mol. The second kappa shape index (κ2) is 13.9. The summed E-state index contributed by atoms with van der Waals surface area (Å²) in [5, 5.41) is 9.30. The van der Waals surface area contributed by atoms with E-state index in [4.69, 9.17) is 32.7 Å². The molecule has 198 valence electrons. The molecule has 3 aromatic carbocycles. The van der Waals surface area contributed by atoms with Crippen LogP contribution in [0.5, 0.6) is 11.5 Å². The molecule has 0 aliphatic rings. The smallest absolute Gasteiger partial charge is 0.329 e. The van der Waals surface area contributed by atoms with Crippen molar-refractivity contribution < 1.29 is 28.2 Å². The molecule has 0 saturated carbocycles. The fourth-order valence-electron chi connectivity index (χ4n) is 2.94. The Morgan fingerprint density at radius 3 is 2.47 bits per heavy atom. The van der Waals surface area contributed by atoms with Crippen molar-refractivity contribution in [2.24, 2.45) is 5.10 Å². The van der Waals surface area contributed by atoms with Crippen LogP contribution in [0.4, 0.5) is 15.8 Å². The Hall–Kier alpha value is -3.42. The number of carbonyl (C=O) groups excluding carboxylic acids is 3. The number of amides is 3. The number of nitrogens with zero attached hydrogens (tertiary/aromatic N) is 1. The topological polar surface area (TPSA) is 118 Å². The summed E-state index contributed by atoms with van der Waals surface area (Å²) in [7, 11) is 0. The van der Waals surface area contributed by atoms with Gasteiger partial charge in [0, 0.05) is 5.02 Å². The molecule has 0 saturated heterocycles. The molecule has 9 nitrogen and oxygen atoms in total. The summed E-state index contributed by atoms with van der Waals surface area (Å²) in [6.07, 6.45) is 1.29. The van der Waals surface area contributed by atoms with E-state index in [1.54, 1.807) is 31.2 Å². The Morgan fingerprint density at radius 1 is 1.00 bits per heavy atom. The highest BCUT2D eigenvalue weighted by Gasteiger charge is 2.16. The van der Waals surface area contributed by atoms with Crippen LogP contribution in [-0.2, 0) is 14.4 Å². The van der Waals surface area contributed by atoms with Crippen molar-refractivity contribution in [2.75, 3.05) is 23.8 Å². The molecule has 3 amide bonds. The van der Waals surface area contributed by atoms with Gasteiger partial charge in [-0.15, -0.1) is 0 Å². The molecule has 3 rings (SSSR count). The number of rotatable bonds is 9. The maximum Gasteiger partial charge on any atom is 0.329 e. The van der Waals surface area contributed by atoms with Gasteiger partial charge in [-0.05, 0) is 77.5 Å². The summed E-state index contributed by atoms with van der Waals surface area (Å²) in [5.74, 6) is -2.63. The van der Waals surface area contributed by atoms with Crippen molar-refractivity contribution >= 4 is 81.1 Å². The molecular weight excluding hydrogens is 653 g/mol. The molecule has 0 unspecified atom stereocenters. The molecule has 0 fully saturated rings. The molecule has 0 spiro atoms. The summed E-state index contributed by atoms with van der Waals surface area (Å²) >= 11 is 14.0. The van der Waals surface area contributed by atoms with Crippen molar-refractivity contribution in [1.82, 2.24) is 5.43 Å². The van der Waals surface area contributed by atoms with Crippen molar-refractivity contribution in [3.05, 3.63) is 79.6 Å². The average Bonchev–Trinajstić information content (AvgIpc) is 2.86. The minimum atomic E-state index is -1.09. The van der Waals surface area contributed by atoms with Crippen molar-refractivity contribution in [3.8, 4) is 11.5 Å². The number of benzene rings is 3. The highest BCUT2D eigenvalue weighted by molar-refractivity contribution is 14.1. The monoisotopic (exact) mass is 672 g/mol. The Morgan fingerprint density at radius 2 is 1.76 bits per heavy atom. The number of hydrazone groups is 1. The molecule has 0 bridgehead atoms. The Balaban J connectivity index is 1.63. The third-order valence-electron chi connectivity index (χ3n) is 4.59. The summed E-state index contributed by atoms with van der Waals surface area (Å²) in [6.45, 7) is 1.77. The third-order valence-corrected chi connectivity index (χ3v) is 5.94. The lowest BCUT2D eigenvalue weighted by Gasteiger charge is -2.15. The van der Waals surface area contributed by atoms with Gasteiger partial charge in [-0.2, -0.15) is 5.10 Å². The van der Waals surface area contributed by atoms with E-state index in [-0.39, 0.29) is 17.3 Å². The van der Waals surface area contributed by atoms with Crippen LogP contribution in [0.3, 0.4) is 0 Å². The Bertz CT molecular complexity index is 1390. The lowest BCUT2D eigenvalue weighted by Crippen LogP contribution is -2.32. The van der Waals surface area contributed by atoms with Gasteiger partial charge in [-0.1, -0.05) is 35.3 Å². The number of carbonyl (C=O) groups is 3. The van der Waals surface area contributed by atoms with E-state index in [9.17, 15) is 18.8 Å². The first-order valence-corrected chi connectivity index (χ1v) is 12.7. The molecule has 0 heterocycles. The van der Waals surface area contributed by atoms with E-state index in [1.165, 1.54) is 30.5 Å². The standard InChI is InChI=1S/C25H20Cl2FIN4O5/c1-2-37-21-10-14(12-30-33-25(36)24(35)32-20-6-4-3-5-17(20)28)9-18(29)23(21)38-13-22(34)31-19-8-7-15(26)11-16(19)27/h3-12H,2,13H2,1H3,(H,31,34)(H,32,35)(H,33,36)/b30-12-. The van der Waals surface area contributed by atoms with Gasteiger partial charge in [0.1, 0.15) is 5.82 Å². The number of halogens is 4. The van der Waals surface area contributed by atoms with E-state index >= 15 is 0 Å². The lowest BCUT2D eigenvalue weighted by atomic mass is 10.2. The number of hydrogen-bond acceptors (Lipinski definition) is 6. The Kier molecular flexibility index (Phi) is 10.7. The summed E-state index contributed by atoms with van der Waals surface area (Å²) < 4.78 is 25.6. The largest absolute Gasteiger partial charge is 0.490 e. The zero-order chi connectivity index (χ0) is 27.7. The molecule has 3 aromatic rings. The van der Waals surface area contributed by atoms with Crippen molar-refractivity contribution in [3.63, 3.8) is 0 Å². The van der Waals surface area contributed by atoms with Gasteiger partial charge >= 0.3 is 11.8 Å². The molecule has 13 heteroatoms. The van der Waals surface area contributed by atoms with Gasteiger partial charge in [0.2, 0.25) is 0 Å². The van der Waals surface area contributed by atoms with E-state index in [0.717, 1.165) is 6.07 Å². The number of hydrogen-bond donors (Lipinski definition) is 3. The quantitative estimate of drug-likeness (QED) is 0.124. The van der Waals surface area contributed by atoms with E-state index in [2.05, 4.69) is 21.2 Å². The second-order valence-electron chi connectivity index (χ2n) is 7.36. The van der Waals surface area contributed by atoms with Crippen LogP contribution in [-0.4, -0.2) is 37.1 Å². The molecule has 38 heavy (non-hydrogen) atoms. The molecule has 0 atom stereocenters. The van der Waals surface area contributed by atoms with E-state index in [0.29, 0.717) is 37.9 Å². The van der Waals surface area contributed by atoms with Gasteiger partial charge in [0.15, 0.2) is 18.1 Å². The summed E-state index contributed by atoms with van der Waals surface area (Å²) in [6, 6.07) is 13.4. The summed E-state index contributed by atoms with van der Waals surface area (Å²) in [4.78, 5) is 36.4.